The van der Waals surface area contributed by atoms with Gasteiger partial charge in [-0.2, -0.15) is 0 Å². The standard InChI is InChI=1S/C20H24N2O6/c1-12(2)28-14-8-6-13(7-9-14)19(23)21-22-20(24)15-10-11-16(25-3)18(27-5)17(15)26-4/h6-12H,1-5H3,(H,21,23)(H,22,24). The molecular formula is C20H24N2O6. The lowest BCUT2D eigenvalue weighted by Gasteiger charge is -2.15. The molecule has 0 saturated carbocycles. The van der Waals surface area contributed by atoms with Gasteiger partial charge in [0.25, 0.3) is 11.8 Å². The third-order valence-corrected chi connectivity index (χ3v) is 3.73. The Balaban J connectivity index is 2.08. The van der Waals surface area contributed by atoms with Crippen LogP contribution in [0.2, 0.25) is 0 Å². The van der Waals surface area contributed by atoms with Gasteiger partial charge < -0.3 is 18.9 Å². The van der Waals surface area contributed by atoms with E-state index in [4.69, 9.17) is 18.9 Å². The van der Waals surface area contributed by atoms with Gasteiger partial charge >= 0.3 is 0 Å². The van der Waals surface area contributed by atoms with Crippen LogP contribution in [0.15, 0.2) is 36.4 Å². The first kappa shape index (κ1) is 20.9. The molecule has 0 aromatic heterocycles. The zero-order valence-corrected chi connectivity index (χ0v) is 16.5. The predicted molar refractivity (Wildman–Crippen MR) is 103 cm³/mol. The number of benzene rings is 2. The molecule has 2 aromatic carbocycles. The van der Waals surface area contributed by atoms with E-state index in [1.165, 1.54) is 27.4 Å². The Bertz CT molecular complexity index is 833. The molecule has 0 heterocycles. The van der Waals surface area contributed by atoms with Crippen molar-refractivity contribution < 1.29 is 28.5 Å². The zero-order chi connectivity index (χ0) is 20.7. The van der Waals surface area contributed by atoms with Gasteiger partial charge in [0.1, 0.15) is 5.75 Å². The molecule has 2 aromatic rings. The van der Waals surface area contributed by atoms with Crippen molar-refractivity contribution in [1.82, 2.24) is 10.9 Å². The van der Waals surface area contributed by atoms with Crippen LogP contribution < -0.4 is 29.8 Å². The van der Waals surface area contributed by atoms with Crippen molar-refractivity contribution >= 4 is 11.8 Å². The number of nitrogens with one attached hydrogen (secondary N) is 2. The number of hydrogen-bond donors (Lipinski definition) is 2. The fraction of sp³-hybridized carbons (Fsp3) is 0.300. The van der Waals surface area contributed by atoms with Gasteiger partial charge in [-0.1, -0.05) is 0 Å². The van der Waals surface area contributed by atoms with Crippen molar-refractivity contribution in [3.05, 3.63) is 47.5 Å². The van der Waals surface area contributed by atoms with Gasteiger partial charge in [0.2, 0.25) is 5.75 Å². The highest BCUT2D eigenvalue weighted by Crippen LogP contribution is 2.39. The molecule has 0 spiro atoms. The summed E-state index contributed by atoms with van der Waals surface area (Å²) in [4.78, 5) is 24.7. The molecule has 0 fully saturated rings. The van der Waals surface area contributed by atoms with Gasteiger partial charge in [-0.05, 0) is 50.2 Å². The van der Waals surface area contributed by atoms with E-state index in [0.717, 1.165) is 0 Å². The minimum Gasteiger partial charge on any atom is -0.493 e. The minimum atomic E-state index is -0.564. The second kappa shape index (κ2) is 9.50. The summed E-state index contributed by atoms with van der Waals surface area (Å²) in [7, 11) is 4.33. The van der Waals surface area contributed by atoms with E-state index >= 15 is 0 Å². The van der Waals surface area contributed by atoms with Gasteiger partial charge in [-0.3, -0.25) is 20.4 Å². The van der Waals surface area contributed by atoms with Crippen LogP contribution >= 0.6 is 0 Å². The van der Waals surface area contributed by atoms with E-state index in [-0.39, 0.29) is 23.2 Å². The number of hydrazine groups is 1. The van der Waals surface area contributed by atoms with Gasteiger partial charge in [-0.15, -0.1) is 0 Å². The topological polar surface area (TPSA) is 95.1 Å². The van der Waals surface area contributed by atoms with Crippen LogP contribution in [0, 0.1) is 0 Å². The summed E-state index contributed by atoms with van der Waals surface area (Å²) >= 11 is 0. The zero-order valence-electron chi connectivity index (χ0n) is 16.5. The smallest absolute Gasteiger partial charge is 0.273 e. The second-order valence-electron chi connectivity index (χ2n) is 5.98. The Kier molecular flexibility index (Phi) is 7.08. The van der Waals surface area contributed by atoms with E-state index in [1.54, 1.807) is 30.3 Å². The third-order valence-electron chi connectivity index (χ3n) is 3.73. The first-order chi connectivity index (χ1) is 13.4. The lowest BCUT2D eigenvalue weighted by Crippen LogP contribution is -2.41. The number of carbonyl (C=O) groups excluding carboxylic acids is 2. The molecule has 0 atom stereocenters. The van der Waals surface area contributed by atoms with Crippen LogP contribution in [0.25, 0.3) is 0 Å². The molecule has 0 aliphatic carbocycles. The molecular weight excluding hydrogens is 364 g/mol. The highest BCUT2D eigenvalue weighted by Gasteiger charge is 2.21. The SMILES string of the molecule is COc1ccc(C(=O)NNC(=O)c2ccc(OC(C)C)cc2)c(OC)c1OC. The van der Waals surface area contributed by atoms with Crippen molar-refractivity contribution in [3.8, 4) is 23.0 Å². The molecule has 2 amide bonds. The number of rotatable bonds is 7. The molecule has 0 aliphatic rings. The molecule has 0 bridgehead atoms. The Hall–Kier alpha value is -3.42. The number of amides is 2. The molecule has 8 heteroatoms. The first-order valence-electron chi connectivity index (χ1n) is 8.57. The molecule has 8 nitrogen and oxygen atoms in total. The maximum Gasteiger partial charge on any atom is 0.273 e. The monoisotopic (exact) mass is 388 g/mol. The fourth-order valence-electron chi connectivity index (χ4n) is 2.49. The molecule has 2 N–H and O–H groups in total. The molecule has 0 saturated heterocycles. The average molecular weight is 388 g/mol. The number of carbonyl (C=O) groups is 2. The van der Waals surface area contributed by atoms with Crippen LogP contribution in [0.3, 0.4) is 0 Å². The highest BCUT2D eigenvalue weighted by molar-refractivity contribution is 6.01. The van der Waals surface area contributed by atoms with E-state index in [1.807, 2.05) is 13.8 Å². The van der Waals surface area contributed by atoms with Crippen molar-refractivity contribution in [2.45, 2.75) is 20.0 Å². The molecule has 28 heavy (non-hydrogen) atoms. The predicted octanol–water partition coefficient (Wildman–Crippen LogP) is 2.57. The van der Waals surface area contributed by atoms with Crippen LogP contribution in [-0.4, -0.2) is 39.2 Å². The maximum atomic E-state index is 12.5. The van der Waals surface area contributed by atoms with Crippen molar-refractivity contribution in [3.63, 3.8) is 0 Å². The van der Waals surface area contributed by atoms with Crippen LogP contribution in [-0.2, 0) is 0 Å². The van der Waals surface area contributed by atoms with Crippen molar-refractivity contribution in [1.29, 1.82) is 0 Å². The van der Waals surface area contributed by atoms with Gasteiger partial charge in [0, 0.05) is 5.56 Å². The van der Waals surface area contributed by atoms with E-state index in [0.29, 0.717) is 17.1 Å². The molecule has 0 radical (unpaired) electrons. The molecule has 150 valence electrons. The van der Waals surface area contributed by atoms with E-state index < -0.39 is 11.8 Å². The van der Waals surface area contributed by atoms with Crippen molar-refractivity contribution in [2.75, 3.05) is 21.3 Å². The van der Waals surface area contributed by atoms with Crippen LogP contribution in [0.4, 0.5) is 0 Å². The summed E-state index contributed by atoms with van der Waals surface area (Å²) in [6.07, 6.45) is 0.0374. The van der Waals surface area contributed by atoms with Crippen LogP contribution in [0.1, 0.15) is 34.6 Å². The lowest BCUT2D eigenvalue weighted by molar-refractivity contribution is 0.0844. The normalized spacial score (nSPS) is 10.2. The van der Waals surface area contributed by atoms with Gasteiger partial charge in [0.05, 0.1) is 33.0 Å². The van der Waals surface area contributed by atoms with E-state index in [2.05, 4.69) is 10.9 Å². The third kappa shape index (κ3) is 4.85. The van der Waals surface area contributed by atoms with Gasteiger partial charge in [0.15, 0.2) is 11.5 Å². The number of methoxy groups -OCH3 is 3. The summed E-state index contributed by atoms with van der Waals surface area (Å²) in [5.41, 5.74) is 5.28. The molecule has 0 aliphatic heterocycles. The van der Waals surface area contributed by atoms with Crippen molar-refractivity contribution in [2.24, 2.45) is 0 Å². The lowest BCUT2D eigenvalue weighted by atomic mass is 10.1. The fourth-order valence-corrected chi connectivity index (χ4v) is 2.49. The summed E-state index contributed by atoms with van der Waals surface area (Å²) in [5.74, 6) is 0.526. The Labute approximate surface area is 163 Å². The van der Waals surface area contributed by atoms with Crippen LogP contribution in [0.5, 0.6) is 23.0 Å². The summed E-state index contributed by atoms with van der Waals surface area (Å²) in [6, 6.07) is 9.68. The maximum absolute atomic E-state index is 12.5. The quantitative estimate of drug-likeness (QED) is 0.708. The van der Waals surface area contributed by atoms with Gasteiger partial charge in [-0.25, -0.2) is 0 Å². The highest BCUT2D eigenvalue weighted by atomic mass is 16.5. The number of ether oxygens (including phenoxy) is 4. The largest absolute Gasteiger partial charge is 0.493 e. The summed E-state index contributed by atoms with van der Waals surface area (Å²) in [6.45, 7) is 3.83. The summed E-state index contributed by atoms with van der Waals surface area (Å²) < 4.78 is 21.2. The minimum absolute atomic E-state index is 0.0374. The summed E-state index contributed by atoms with van der Waals surface area (Å²) in [5, 5.41) is 0. The molecule has 0 unspecified atom stereocenters. The average Bonchev–Trinajstić information content (AvgIpc) is 2.70. The van der Waals surface area contributed by atoms with E-state index in [9.17, 15) is 9.59 Å². The Morgan fingerprint density at radius 1 is 0.786 bits per heavy atom. The number of hydrogen-bond acceptors (Lipinski definition) is 6. The Morgan fingerprint density at radius 3 is 1.93 bits per heavy atom. The Morgan fingerprint density at radius 2 is 1.39 bits per heavy atom. The molecule has 2 rings (SSSR count). The second-order valence-corrected chi connectivity index (χ2v) is 5.98. The first-order valence-corrected chi connectivity index (χ1v) is 8.57.